The third kappa shape index (κ3) is 3.75. The highest BCUT2D eigenvalue weighted by molar-refractivity contribution is 14.0. The monoisotopic (exact) mass is 365 g/mol. The fourth-order valence-electron chi connectivity index (χ4n) is 3.31. The Morgan fingerprint density at radius 3 is 2.28 bits per heavy atom. The van der Waals surface area contributed by atoms with Crippen LogP contribution in [0.2, 0.25) is 0 Å². The Morgan fingerprint density at radius 1 is 1.17 bits per heavy atom. The van der Waals surface area contributed by atoms with E-state index in [0.717, 1.165) is 12.5 Å². The smallest absolute Gasteiger partial charge is 0.193 e. The molecule has 0 bridgehead atoms. The SMILES string of the molecule is CCC1(CNC(=NC)N2CCCC2)CCCC1.I. The molecule has 1 saturated heterocycles. The van der Waals surface area contributed by atoms with Crippen LogP contribution in [0.3, 0.4) is 0 Å². The number of hydrogen-bond acceptors (Lipinski definition) is 1. The van der Waals surface area contributed by atoms with Crippen molar-refractivity contribution in [2.45, 2.75) is 51.9 Å². The molecule has 0 aromatic carbocycles. The molecule has 106 valence electrons. The molecule has 0 aromatic rings. The van der Waals surface area contributed by atoms with Crippen molar-refractivity contribution in [3.63, 3.8) is 0 Å². The standard InChI is InChI=1S/C14H27N3.HI/c1-3-14(8-4-5-9-14)12-16-13(15-2)17-10-6-7-11-17;/h3-12H2,1-2H3,(H,15,16);1H. The molecule has 18 heavy (non-hydrogen) atoms. The van der Waals surface area contributed by atoms with E-state index in [1.807, 2.05) is 7.05 Å². The van der Waals surface area contributed by atoms with Gasteiger partial charge in [-0.15, -0.1) is 24.0 Å². The Balaban J connectivity index is 0.00000162. The topological polar surface area (TPSA) is 27.6 Å². The van der Waals surface area contributed by atoms with Gasteiger partial charge in [-0.2, -0.15) is 0 Å². The molecule has 2 rings (SSSR count). The summed E-state index contributed by atoms with van der Waals surface area (Å²) in [6.07, 6.45) is 9.56. The number of likely N-dealkylation sites (tertiary alicyclic amines) is 1. The highest BCUT2D eigenvalue weighted by Gasteiger charge is 2.32. The molecule has 0 unspecified atom stereocenters. The third-order valence-electron chi connectivity index (χ3n) is 4.65. The fraction of sp³-hybridized carbons (Fsp3) is 0.929. The third-order valence-corrected chi connectivity index (χ3v) is 4.65. The van der Waals surface area contributed by atoms with Crippen LogP contribution in [0.15, 0.2) is 4.99 Å². The van der Waals surface area contributed by atoms with Crippen LogP contribution in [0.25, 0.3) is 0 Å². The lowest BCUT2D eigenvalue weighted by atomic mass is 9.83. The Labute approximate surface area is 129 Å². The average Bonchev–Trinajstić information content (AvgIpc) is 3.01. The molecule has 0 aromatic heterocycles. The molecule has 0 atom stereocenters. The Hall–Kier alpha value is 0. The van der Waals surface area contributed by atoms with Crippen LogP contribution < -0.4 is 5.32 Å². The second kappa shape index (κ2) is 7.56. The predicted molar refractivity (Wildman–Crippen MR) is 88.8 cm³/mol. The summed E-state index contributed by atoms with van der Waals surface area (Å²) in [5, 5.41) is 3.62. The second-order valence-electron chi connectivity index (χ2n) is 5.66. The zero-order chi connectivity index (χ0) is 12.1. The van der Waals surface area contributed by atoms with Crippen molar-refractivity contribution >= 4 is 29.9 Å². The number of rotatable bonds is 3. The van der Waals surface area contributed by atoms with Crippen LogP contribution in [-0.2, 0) is 0 Å². The molecular formula is C14H28IN3. The number of hydrogen-bond donors (Lipinski definition) is 1. The maximum atomic E-state index is 4.43. The lowest BCUT2D eigenvalue weighted by Crippen LogP contribution is -2.44. The number of guanidine groups is 1. The Bertz CT molecular complexity index is 266. The lowest BCUT2D eigenvalue weighted by molar-refractivity contribution is 0.279. The summed E-state index contributed by atoms with van der Waals surface area (Å²) in [6, 6.07) is 0. The highest BCUT2D eigenvalue weighted by atomic mass is 127. The zero-order valence-corrected chi connectivity index (χ0v) is 14.2. The molecule has 4 heteroatoms. The first-order valence-electron chi connectivity index (χ1n) is 7.25. The summed E-state index contributed by atoms with van der Waals surface area (Å²) in [7, 11) is 1.91. The molecule has 0 spiro atoms. The van der Waals surface area contributed by atoms with E-state index >= 15 is 0 Å². The van der Waals surface area contributed by atoms with Gasteiger partial charge in [0.2, 0.25) is 0 Å². The Morgan fingerprint density at radius 2 is 1.78 bits per heavy atom. The van der Waals surface area contributed by atoms with Crippen molar-refractivity contribution in [2.24, 2.45) is 10.4 Å². The fourth-order valence-corrected chi connectivity index (χ4v) is 3.31. The largest absolute Gasteiger partial charge is 0.356 e. The number of nitrogens with one attached hydrogen (secondary N) is 1. The van der Waals surface area contributed by atoms with Gasteiger partial charge in [-0.05, 0) is 37.5 Å². The van der Waals surface area contributed by atoms with Crippen LogP contribution in [-0.4, -0.2) is 37.5 Å². The molecule has 1 aliphatic heterocycles. The minimum Gasteiger partial charge on any atom is -0.356 e. The first-order valence-corrected chi connectivity index (χ1v) is 7.25. The van der Waals surface area contributed by atoms with Crippen molar-refractivity contribution in [3.05, 3.63) is 0 Å². The van der Waals surface area contributed by atoms with Crippen molar-refractivity contribution in [1.29, 1.82) is 0 Å². The van der Waals surface area contributed by atoms with Gasteiger partial charge >= 0.3 is 0 Å². The van der Waals surface area contributed by atoms with Gasteiger partial charge in [-0.25, -0.2) is 0 Å². The molecule has 3 nitrogen and oxygen atoms in total. The van der Waals surface area contributed by atoms with E-state index in [4.69, 9.17) is 0 Å². The summed E-state index contributed by atoms with van der Waals surface area (Å²) in [6.45, 7) is 5.82. The minimum atomic E-state index is 0. The molecular weight excluding hydrogens is 337 g/mol. The maximum absolute atomic E-state index is 4.43. The minimum absolute atomic E-state index is 0. The summed E-state index contributed by atoms with van der Waals surface area (Å²) >= 11 is 0. The van der Waals surface area contributed by atoms with Gasteiger partial charge in [0.05, 0.1) is 0 Å². The van der Waals surface area contributed by atoms with Crippen LogP contribution in [0.1, 0.15) is 51.9 Å². The van der Waals surface area contributed by atoms with E-state index in [0.29, 0.717) is 5.41 Å². The highest BCUT2D eigenvalue weighted by Crippen LogP contribution is 2.40. The van der Waals surface area contributed by atoms with Crippen molar-refractivity contribution in [2.75, 3.05) is 26.7 Å². The van der Waals surface area contributed by atoms with Gasteiger partial charge in [0.25, 0.3) is 0 Å². The van der Waals surface area contributed by atoms with Gasteiger partial charge in [0.15, 0.2) is 5.96 Å². The molecule has 1 saturated carbocycles. The van der Waals surface area contributed by atoms with Gasteiger partial charge in [0.1, 0.15) is 0 Å². The van der Waals surface area contributed by atoms with Crippen LogP contribution in [0.4, 0.5) is 0 Å². The zero-order valence-electron chi connectivity index (χ0n) is 11.9. The van der Waals surface area contributed by atoms with Gasteiger partial charge in [0, 0.05) is 26.7 Å². The lowest BCUT2D eigenvalue weighted by Gasteiger charge is -2.30. The normalized spacial score (nSPS) is 23.0. The van der Waals surface area contributed by atoms with E-state index in [2.05, 4.69) is 22.1 Å². The molecule has 1 N–H and O–H groups in total. The number of aliphatic imine (C=N–C) groups is 1. The second-order valence-corrected chi connectivity index (χ2v) is 5.66. The molecule has 1 aliphatic carbocycles. The Kier molecular flexibility index (Phi) is 6.74. The van der Waals surface area contributed by atoms with Crippen molar-refractivity contribution in [3.8, 4) is 0 Å². The first kappa shape index (κ1) is 16.1. The van der Waals surface area contributed by atoms with E-state index < -0.39 is 0 Å². The van der Waals surface area contributed by atoms with Crippen LogP contribution >= 0.6 is 24.0 Å². The summed E-state index contributed by atoms with van der Waals surface area (Å²) in [5.41, 5.74) is 0.551. The van der Waals surface area contributed by atoms with Crippen LogP contribution in [0.5, 0.6) is 0 Å². The van der Waals surface area contributed by atoms with E-state index in [9.17, 15) is 0 Å². The molecule has 2 fully saturated rings. The summed E-state index contributed by atoms with van der Waals surface area (Å²) < 4.78 is 0. The van der Waals surface area contributed by atoms with Gasteiger partial charge in [-0.1, -0.05) is 19.8 Å². The van der Waals surface area contributed by atoms with E-state index in [1.54, 1.807) is 0 Å². The molecule has 1 heterocycles. The molecule has 0 radical (unpaired) electrons. The first-order chi connectivity index (χ1) is 8.29. The molecule has 0 amide bonds. The number of nitrogens with zero attached hydrogens (tertiary/aromatic N) is 2. The quantitative estimate of drug-likeness (QED) is 0.472. The average molecular weight is 365 g/mol. The van der Waals surface area contributed by atoms with Crippen molar-refractivity contribution < 1.29 is 0 Å². The number of halogens is 1. The maximum Gasteiger partial charge on any atom is 0.193 e. The summed E-state index contributed by atoms with van der Waals surface area (Å²) in [5.74, 6) is 1.13. The predicted octanol–water partition coefficient (Wildman–Crippen LogP) is 3.25. The van der Waals surface area contributed by atoms with E-state index in [1.165, 1.54) is 58.0 Å². The van der Waals surface area contributed by atoms with E-state index in [-0.39, 0.29) is 24.0 Å². The summed E-state index contributed by atoms with van der Waals surface area (Å²) in [4.78, 5) is 6.83. The van der Waals surface area contributed by atoms with Crippen LogP contribution in [0, 0.1) is 5.41 Å². The van der Waals surface area contributed by atoms with Gasteiger partial charge in [-0.3, -0.25) is 4.99 Å². The van der Waals surface area contributed by atoms with Crippen molar-refractivity contribution in [1.82, 2.24) is 10.2 Å². The van der Waals surface area contributed by atoms with Gasteiger partial charge < -0.3 is 10.2 Å². The molecule has 2 aliphatic rings.